The van der Waals surface area contributed by atoms with Crippen LogP contribution in [0.3, 0.4) is 0 Å². The number of nitrogens with two attached hydrogens (primary N) is 1. The first kappa shape index (κ1) is 18.4. The third-order valence-corrected chi connectivity index (χ3v) is 4.76. The number of pyridine rings is 1. The number of hydrazone groups is 1. The maximum Gasteiger partial charge on any atom is 0.151 e. The van der Waals surface area contributed by atoms with Crippen molar-refractivity contribution >= 4 is 29.3 Å². The summed E-state index contributed by atoms with van der Waals surface area (Å²) in [4.78, 5) is 10.7. The van der Waals surface area contributed by atoms with Crippen molar-refractivity contribution in [1.29, 1.82) is 0 Å². The first-order valence-electron chi connectivity index (χ1n) is 8.57. The van der Waals surface area contributed by atoms with Crippen LogP contribution in [0.15, 0.2) is 52.7 Å². The molecule has 6 nitrogen and oxygen atoms in total. The molecular weight excluding hydrogens is 350 g/mol. The second-order valence-electron chi connectivity index (χ2n) is 6.36. The zero-order chi connectivity index (χ0) is 18.4. The summed E-state index contributed by atoms with van der Waals surface area (Å²) in [5, 5.41) is 14.1. The monoisotopic (exact) mass is 371 g/mol. The van der Waals surface area contributed by atoms with Crippen LogP contribution in [0.2, 0.25) is 5.02 Å². The van der Waals surface area contributed by atoms with E-state index in [2.05, 4.69) is 26.0 Å². The van der Waals surface area contributed by atoms with Gasteiger partial charge in [0.25, 0.3) is 0 Å². The Bertz CT molecular complexity index is 783. The van der Waals surface area contributed by atoms with Crippen LogP contribution in [-0.4, -0.2) is 46.6 Å². The molecule has 1 fully saturated rings. The van der Waals surface area contributed by atoms with Gasteiger partial charge in [-0.15, -0.1) is 0 Å². The van der Waals surface area contributed by atoms with Crippen molar-refractivity contribution in [2.75, 3.05) is 19.6 Å². The van der Waals surface area contributed by atoms with Crippen molar-refractivity contribution in [1.82, 2.24) is 9.88 Å². The Kier molecular flexibility index (Phi) is 6.20. The number of halogens is 1. The average molecular weight is 372 g/mol. The Labute approximate surface area is 158 Å². The number of hydrogen-bond donors (Lipinski definition) is 2. The molecule has 3 N–H and O–H groups in total. The highest BCUT2D eigenvalue weighted by atomic mass is 35.5. The van der Waals surface area contributed by atoms with Crippen molar-refractivity contribution in [3.05, 3.63) is 53.2 Å². The SMILES string of the molecule is NN=C(C=Nc1ccc(Cl)cn1)CN1CCC(c2cccc(O)c2)CC1. The number of phenols is 1. The molecule has 0 bridgehead atoms. The summed E-state index contributed by atoms with van der Waals surface area (Å²) < 4.78 is 0. The first-order valence-corrected chi connectivity index (χ1v) is 8.95. The number of nitrogens with zero attached hydrogens (tertiary/aromatic N) is 4. The Morgan fingerprint density at radius 2 is 2.12 bits per heavy atom. The number of piperidine rings is 1. The van der Waals surface area contributed by atoms with Gasteiger partial charge >= 0.3 is 0 Å². The van der Waals surface area contributed by atoms with E-state index >= 15 is 0 Å². The summed E-state index contributed by atoms with van der Waals surface area (Å²) in [5.41, 5.74) is 1.91. The number of aliphatic imine (C=N–C) groups is 1. The minimum atomic E-state index is 0.328. The van der Waals surface area contributed by atoms with Crippen molar-refractivity contribution in [2.24, 2.45) is 15.9 Å². The summed E-state index contributed by atoms with van der Waals surface area (Å²) in [6, 6.07) is 11.0. The molecule has 26 heavy (non-hydrogen) atoms. The fraction of sp³-hybridized carbons (Fsp3) is 0.316. The van der Waals surface area contributed by atoms with Gasteiger partial charge in [0, 0.05) is 12.7 Å². The van der Waals surface area contributed by atoms with Gasteiger partial charge in [0.15, 0.2) is 5.82 Å². The standard InChI is InChI=1S/C19H22ClN5O/c20-16-4-5-19(22-11-16)23-12-17(24-21)13-25-8-6-14(7-9-25)15-2-1-3-18(26)10-15/h1-5,10-12,14,26H,6-9,13,21H2. The Hall–Kier alpha value is -2.44. The quantitative estimate of drug-likeness (QED) is 0.479. The van der Waals surface area contributed by atoms with E-state index in [9.17, 15) is 5.11 Å². The summed E-state index contributed by atoms with van der Waals surface area (Å²) >= 11 is 5.82. The fourth-order valence-corrected chi connectivity index (χ4v) is 3.24. The molecule has 3 rings (SSSR count). The van der Waals surface area contributed by atoms with Crippen molar-refractivity contribution < 1.29 is 5.11 Å². The molecule has 136 valence electrons. The predicted molar refractivity (Wildman–Crippen MR) is 106 cm³/mol. The molecule has 1 saturated heterocycles. The fourth-order valence-electron chi connectivity index (χ4n) is 3.13. The average Bonchev–Trinajstić information content (AvgIpc) is 2.67. The smallest absolute Gasteiger partial charge is 0.151 e. The molecule has 0 saturated carbocycles. The number of rotatable bonds is 5. The van der Waals surface area contributed by atoms with E-state index in [0.29, 0.717) is 34.8 Å². The highest BCUT2D eigenvalue weighted by Crippen LogP contribution is 2.29. The Balaban J connectivity index is 1.53. The van der Waals surface area contributed by atoms with Gasteiger partial charge in [-0.3, -0.25) is 4.90 Å². The third-order valence-electron chi connectivity index (χ3n) is 4.54. The van der Waals surface area contributed by atoms with Crippen LogP contribution in [0, 0.1) is 0 Å². The predicted octanol–water partition coefficient (Wildman–Crippen LogP) is 3.34. The van der Waals surface area contributed by atoms with Crippen LogP contribution in [0.5, 0.6) is 5.75 Å². The molecule has 1 aliphatic rings. The molecule has 0 atom stereocenters. The van der Waals surface area contributed by atoms with Gasteiger partial charge in [-0.2, -0.15) is 5.10 Å². The lowest BCUT2D eigenvalue weighted by molar-refractivity contribution is 0.239. The zero-order valence-electron chi connectivity index (χ0n) is 14.4. The van der Waals surface area contributed by atoms with Gasteiger partial charge in [-0.05, 0) is 61.7 Å². The molecule has 0 amide bonds. The van der Waals surface area contributed by atoms with Crippen molar-refractivity contribution in [3.8, 4) is 5.75 Å². The van der Waals surface area contributed by atoms with Gasteiger partial charge in [0.05, 0.1) is 16.9 Å². The maximum absolute atomic E-state index is 9.65. The van der Waals surface area contributed by atoms with Crippen LogP contribution in [0.4, 0.5) is 5.82 Å². The minimum Gasteiger partial charge on any atom is -0.508 e. The van der Waals surface area contributed by atoms with E-state index < -0.39 is 0 Å². The van der Waals surface area contributed by atoms with Gasteiger partial charge in [-0.25, -0.2) is 9.98 Å². The van der Waals surface area contributed by atoms with E-state index in [0.717, 1.165) is 25.9 Å². The second-order valence-corrected chi connectivity index (χ2v) is 6.80. The molecule has 1 aliphatic heterocycles. The number of aromatic nitrogens is 1. The third kappa shape index (κ3) is 5.03. The molecular formula is C19H22ClN5O. The van der Waals surface area contributed by atoms with Crippen LogP contribution >= 0.6 is 11.6 Å². The number of likely N-dealkylation sites (tertiary alicyclic amines) is 1. The highest BCUT2D eigenvalue weighted by Gasteiger charge is 2.21. The van der Waals surface area contributed by atoms with Crippen LogP contribution < -0.4 is 5.84 Å². The van der Waals surface area contributed by atoms with E-state index in [-0.39, 0.29) is 0 Å². The van der Waals surface area contributed by atoms with Crippen molar-refractivity contribution in [3.63, 3.8) is 0 Å². The van der Waals surface area contributed by atoms with Gasteiger partial charge in [0.2, 0.25) is 0 Å². The van der Waals surface area contributed by atoms with Gasteiger partial charge in [-0.1, -0.05) is 23.7 Å². The summed E-state index contributed by atoms with van der Waals surface area (Å²) in [6.45, 7) is 2.55. The number of aromatic hydroxyl groups is 1. The lowest BCUT2D eigenvalue weighted by atomic mass is 9.89. The van der Waals surface area contributed by atoms with E-state index in [1.807, 2.05) is 12.1 Å². The Morgan fingerprint density at radius 3 is 2.77 bits per heavy atom. The number of benzene rings is 1. The number of phenolic OH excluding ortho intramolecular Hbond substituents is 1. The van der Waals surface area contributed by atoms with E-state index in [1.165, 1.54) is 5.56 Å². The number of hydrogen-bond acceptors (Lipinski definition) is 6. The molecule has 7 heteroatoms. The summed E-state index contributed by atoms with van der Waals surface area (Å²) in [5.74, 6) is 6.89. The lowest BCUT2D eigenvalue weighted by Crippen LogP contribution is -2.37. The molecule has 0 aliphatic carbocycles. The molecule has 0 unspecified atom stereocenters. The van der Waals surface area contributed by atoms with Crippen molar-refractivity contribution in [2.45, 2.75) is 18.8 Å². The highest BCUT2D eigenvalue weighted by molar-refractivity contribution is 6.32. The molecule has 0 spiro atoms. The van der Waals surface area contributed by atoms with E-state index in [1.54, 1.807) is 30.6 Å². The molecule has 2 aromatic rings. The summed E-state index contributed by atoms with van der Waals surface area (Å²) in [7, 11) is 0. The molecule has 1 aromatic carbocycles. The lowest BCUT2D eigenvalue weighted by Gasteiger charge is -2.32. The Morgan fingerprint density at radius 1 is 1.31 bits per heavy atom. The summed E-state index contributed by atoms with van der Waals surface area (Å²) in [6.07, 6.45) is 5.28. The zero-order valence-corrected chi connectivity index (χ0v) is 15.2. The van der Waals surface area contributed by atoms with Crippen LogP contribution in [0.1, 0.15) is 24.3 Å². The first-order chi connectivity index (χ1) is 12.6. The molecule has 1 aromatic heterocycles. The largest absolute Gasteiger partial charge is 0.508 e. The van der Waals surface area contributed by atoms with Gasteiger partial charge < -0.3 is 10.9 Å². The van der Waals surface area contributed by atoms with E-state index in [4.69, 9.17) is 17.4 Å². The minimum absolute atomic E-state index is 0.328. The van der Waals surface area contributed by atoms with Gasteiger partial charge in [0.1, 0.15) is 5.75 Å². The maximum atomic E-state index is 9.65. The van der Waals surface area contributed by atoms with Crippen LogP contribution in [-0.2, 0) is 0 Å². The normalized spacial score (nSPS) is 17.0. The van der Waals surface area contributed by atoms with Crippen LogP contribution in [0.25, 0.3) is 0 Å². The topological polar surface area (TPSA) is 87.1 Å². The molecule has 0 radical (unpaired) electrons. The molecule has 2 heterocycles. The second kappa shape index (κ2) is 8.78.